The molecule has 5 fully saturated rings. The SMILES string of the molecule is CC[C@@H]1C[C@]1(NC(=O)[C@@H]1C[C@@H](Oc2cc(-c3csc(NC(C)C)n3)nc3c(Cl)c(OCCN4CCN(CC(F)(F)F)CC4)ccc23)CN1C(=O)[C@@H](NC(=O)O[C@@H]1C[C@@H]2C[C@@H]2C1)C(C)(C)C)C(=O)O. The zero-order valence-corrected chi connectivity index (χ0v) is 40.9. The van der Waals surface area contributed by atoms with Crippen LogP contribution in [-0.4, -0.2) is 148 Å². The zero-order chi connectivity index (χ0) is 48.9. The number of pyridine rings is 1. The third-order valence-electron chi connectivity index (χ3n) is 13.9. The van der Waals surface area contributed by atoms with Crippen molar-refractivity contribution in [3.63, 3.8) is 0 Å². The maximum Gasteiger partial charge on any atom is 0.408 e. The van der Waals surface area contributed by atoms with Crippen molar-refractivity contribution in [2.45, 2.75) is 122 Å². The lowest BCUT2D eigenvalue weighted by atomic mass is 9.85. The molecular formula is C47H62ClF3N8O8S. The van der Waals surface area contributed by atoms with Crippen molar-refractivity contribution in [3.8, 4) is 22.9 Å². The molecule has 0 radical (unpaired) electrons. The molecule has 0 spiro atoms. The number of benzene rings is 1. The van der Waals surface area contributed by atoms with E-state index < -0.39 is 65.7 Å². The van der Waals surface area contributed by atoms with Crippen molar-refractivity contribution in [2.75, 3.05) is 57.7 Å². The van der Waals surface area contributed by atoms with E-state index in [0.717, 1.165) is 19.3 Å². The number of nitrogens with zero attached hydrogens (tertiary/aromatic N) is 5. The molecule has 4 heterocycles. The van der Waals surface area contributed by atoms with Crippen molar-refractivity contribution >= 4 is 62.8 Å². The van der Waals surface area contributed by atoms with Crippen molar-refractivity contribution in [1.82, 2.24) is 35.3 Å². The quantitative estimate of drug-likeness (QED) is 0.108. The van der Waals surface area contributed by atoms with Crippen LogP contribution in [0, 0.1) is 23.2 Å². The van der Waals surface area contributed by atoms with E-state index in [4.69, 9.17) is 35.8 Å². The van der Waals surface area contributed by atoms with Crippen LogP contribution in [0.4, 0.5) is 23.1 Å². The third kappa shape index (κ3) is 11.3. The zero-order valence-electron chi connectivity index (χ0n) is 39.3. The van der Waals surface area contributed by atoms with Gasteiger partial charge in [0.2, 0.25) is 11.8 Å². The Balaban J connectivity index is 1.06. The molecule has 21 heteroatoms. The summed E-state index contributed by atoms with van der Waals surface area (Å²) >= 11 is 8.49. The molecule has 68 heavy (non-hydrogen) atoms. The molecule has 8 rings (SSSR count). The highest BCUT2D eigenvalue weighted by Crippen LogP contribution is 2.52. The van der Waals surface area contributed by atoms with Crippen molar-refractivity contribution in [2.24, 2.45) is 23.2 Å². The van der Waals surface area contributed by atoms with Crippen LogP contribution < -0.4 is 25.4 Å². The molecule has 16 nitrogen and oxygen atoms in total. The number of rotatable bonds is 17. The van der Waals surface area contributed by atoms with Gasteiger partial charge >= 0.3 is 18.2 Å². The van der Waals surface area contributed by atoms with E-state index in [1.54, 1.807) is 18.2 Å². The second kappa shape index (κ2) is 19.6. The number of anilines is 1. The molecule has 2 aromatic heterocycles. The summed E-state index contributed by atoms with van der Waals surface area (Å²) in [4.78, 5) is 69.6. The molecule has 2 aliphatic heterocycles. The van der Waals surface area contributed by atoms with Gasteiger partial charge in [0.1, 0.15) is 58.7 Å². The standard InChI is InChI=1S/C47H62ClF3N8O8S/c1-7-28-21-46(28,42(62)63)56-40(60)34-19-30(22-59(34)41(61)39(45(4,5)6)55-44(64)67-29-17-26-16-27(26)18-29)66-36-20-32(33-23-68-43(54-33)52-25(2)3)53-38-31(36)8-9-35(37(38)48)65-15-14-57-10-12-58(13-11-57)24-47(49,50)51/h8-9,20,23,25-30,34,39H,7,10-19,21-22,24H2,1-6H3,(H,52,54)(H,55,64)(H,56,60)(H,62,63)/t26-,27+,28-,29+,30-,34+,39-,46-/m1/s1. The first-order valence-electron chi connectivity index (χ1n) is 23.6. The van der Waals surface area contributed by atoms with Gasteiger partial charge in [-0.05, 0) is 74.8 Å². The van der Waals surface area contributed by atoms with E-state index in [2.05, 4.69) is 16.0 Å². The number of carboxylic acids is 1. The number of carboxylic acid groups (broad SMARTS) is 1. The molecule has 5 aliphatic rings. The molecule has 372 valence electrons. The predicted molar refractivity (Wildman–Crippen MR) is 250 cm³/mol. The molecule has 3 aromatic rings. The number of hydrogen-bond acceptors (Lipinski definition) is 13. The summed E-state index contributed by atoms with van der Waals surface area (Å²) in [6, 6.07) is 3.01. The summed E-state index contributed by atoms with van der Waals surface area (Å²) in [6.07, 6.45) is -2.45. The van der Waals surface area contributed by atoms with Crippen LogP contribution in [0.25, 0.3) is 22.3 Å². The number of alkyl halides is 3. The summed E-state index contributed by atoms with van der Waals surface area (Å²) < 4.78 is 57.6. The van der Waals surface area contributed by atoms with Gasteiger partial charge in [0.15, 0.2) is 5.13 Å². The number of likely N-dealkylation sites (tertiary alicyclic amines) is 1. The number of aromatic nitrogens is 2. The number of fused-ring (bicyclic) bond motifs is 2. The average Bonchev–Trinajstić information content (AvgIpc) is 3.93. The van der Waals surface area contributed by atoms with Crippen molar-refractivity contribution in [3.05, 3.63) is 28.6 Å². The van der Waals surface area contributed by atoms with Crippen LogP contribution in [0.1, 0.15) is 80.1 Å². The number of carbonyl (C=O) groups is 4. The highest BCUT2D eigenvalue weighted by molar-refractivity contribution is 7.14. The van der Waals surface area contributed by atoms with Crippen LogP contribution in [0.15, 0.2) is 23.6 Å². The number of thiazole rings is 1. The summed E-state index contributed by atoms with van der Waals surface area (Å²) in [5, 5.41) is 22.4. The third-order valence-corrected chi connectivity index (χ3v) is 15.0. The van der Waals surface area contributed by atoms with Gasteiger partial charge < -0.3 is 40.2 Å². The van der Waals surface area contributed by atoms with Gasteiger partial charge in [-0.15, -0.1) is 11.3 Å². The lowest BCUT2D eigenvalue weighted by Gasteiger charge is -2.35. The van der Waals surface area contributed by atoms with E-state index >= 15 is 0 Å². The van der Waals surface area contributed by atoms with Gasteiger partial charge in [-0.2, -0.15) is 13.2 Å². The Labute approximate surface area is 403 Å². The van der Waals surface area contributed by atoms with Crippen molar-refractivity contribution < 1.29 is 51.7 Å². The highest BCUT2D eigenvalue weighted by atomic mass is 35.5. The van der Waals surface area contributed by atoms with Gasteiger partial charge in [0.25, 0.3) is 0 Å². The largest absolute Gasteiger partial charge is 0.491 e. The Morgan fingerprint density at radius 1 is 0.971 bits per heavy atom. The number of halogens is 4. The van der Waals surface area contributed by atoms with Gasteiger partial charge in [-0.1, -0.05) is 45.7 Å². The molecule has 3 amide bonds. The highest BCUT2D eigenvalue weighted by Gasteiger charge is 2.61. The van der Waals surface area contributed by atoms with E-state index in [1.165, 1.54) is 21.1 Å². The molecule has 0 bridgehead atoms. The first kappa shape index (κ1) is 49.8. The lowest BCUT2D eigenvalue weighted by molar-refractivity contribution is -0.149. The Bertz CT molecular complexity index is 2370. The van der Waals surface area contributed by atoms with E-state index in [9.17, 15) is 37.5 Å². The molecule has 3 aliphatic carbocycles. The fraction of sp³-hybridized carbons (Fsp3) is 0.660. The summed E-state index contributed by atoms with van der Waals surface area (Å²) in [5.74, 6) is -0.771. The van der Waals surface area contributed by atoms with Crippen LogP contribution in [0.2, 0.25) is 5.02 Å². The Kier molecular flexibility index (Phi) is 14.4. The number of carbonyl (C=O) groups excluding carboxylic acids is 3. The van der Waals surface area contributed by atoms with E-state index in [1.807, 2.05) is 51.8 Å². The minimum Gasteiger partial charge on any atom is -0.491 e. The topological polar surface area (TPSA) is 188 Å². The number of piperazine rings is 1. The molecule has 0 unspecified atom stereocenters. The van der Waals surface area contributed by atoms with Crippen LogP contribution >= 0.6 is 22.9 Å². The first-order chi connectivity index (χ1) is 32.1. The molecule has 2 saturated heterocycles. The van der Waals surface area contributed by atoms with Crippen LogP contribution in [-0.2, 0) is 19.1 Å². The molecule has 4 N–H and O–H groups in total. The second-order valence-electron chi connectivity index (χ2n) is 20.5. The smallest absolute Gasteiger partial charge is 0.408 e. The molecule has 3 saturated carbocycles. The minimum absolute atomic E-state index is 0.00603. The number of nitrogens with one attached hydrogen (secondary N) is 3. The fourth-order valence-electron chi connectivity index (χ4n) is 9.98. The van der Waals surface area contributed by atoms with E-state index in [-0.39, 0.29) is 49.1 Å². The summed E-state index contributed by atoms with van der Waals surface area (Å²) in [5.41, 5.74) is -0.986. The fourth-order valence-corrected chi connectivity index (χ4v) is 11.1. The lowest BCUT2D eigenvalue weighted by Crippen LogP contribution is -2.59. The van der Waals surface area contributed by atoms with Gasteiger partial charge in [0.05, 0.1) is 24.3 Å². The van der Waals surface area contributed by atoms with Crippen LogP contribution in [0.5, 0.6) is 11.5 Å². The Morgan fingerprint density at radius 2 is 1.68 bits per heavy atom. The predicted octanol–water partition coefficient (Wildman–Crippen LogP) is 7.05. The van der Waals surface area contributed by atoms with E-state index in [0.29, 0.717) is 89.9 Å². The summed E-state index contributed by atoms with van der Waals surface area (Å²) in [7, 11) is 0. The number of aliphatic carboxylic acids is 1. The molecule has 8 atom stereocenters. The van der Waals surface area contributed by atoms with Gasteiger partial charge in [-0.3, -0.25) is 19.4 Å². The minimum atomic E-state index is -4.25. The number of amides is 3. The second-order valence-corrected chi connectivity index (χ2v) is 21.7. The van der Waals surface area contributed by atoms with Gasteiger partial charge in [-0.25, -0.2) is 19.6 Å². The van der Waals surface area contributed by atoms with Crippen LogP contribution in [0.3, 0.4) is 0 Å². The monoisotopic (exact) mass is 990 g/mol. The molecule has 1 aromatic carbocycles. The maximum absolute atomic E-state index is 14.8. The maximum atomic E-state index is 14.8. The number of hydrogen-bond donors (Lipinski definition) is 4. The molecular weight excluding hydrogens is 929 g/mol. The summed E-state index contributed by atoms with van der Waals surface area (Å²) in [6.45, 7) is 12.5. The normalized spacial score (nSPS) is 26.6. The Hall–Kier alpha value is -4.66. The Morgan fingerprint density at radius 3 is 2.31 bits per heavy atom. The number of alkyl carbamates (subject to hydrolysis) is 1. The van der Waals surface area contributed by atoms with Crippen molar-refractivity contribution in [1.29, 1.82) is 0 Å². The number of ether oxygens (including phenoxy) is 3. The first-order valence-corrected chi connectivity index (χ1v) is 24.9. The van der Waals surface area contributed by atoms with Gasteiger partial charge in [0, 0.05) is 62.0 Å². The average molecular weight is 992 g/mol.